The molecule has 0 unspecified atom stereocenters. The number of nitrogens with zero attached hydrogens (tertiary/aromatic N) is 1. The molecular formula is C21H26N2O6S. The van der Waals surface area contributed by atoms with Crippen LogP contribution in [0.25, 0.3) is 0 Å². The Morgan fingerprint density at radius 2 is 1.83 bits per heavy atom. The van der Waals surface area contributed by atoms with Crippen LogP contribution in [0.2, 0.25) is 0 Å². The highest BCUT2D eigenvalue weighted by atomic mass is 32.2. The first-order chi connectivity index (χ1) is 14.4. The molecule has 0 saturated carbocycles. The zero-order valence-corrected chi connectivity index (χ0v) is 18.1. The number of morpholine rings is 1. The van der Waals surface area contributed by atoms with E-state index in [-0.39, 0.29) is 17.3 Å². The van der Waals surface area contributed by atoms with Crippen molar-refractivity contribution in [2.45, 2.75) is 18.4 Å². The fourth-order valence-corrected chi connectivity index (χ4v) is 4.65. The van der Waals surface area contributed by atoms with Gasteiger partial charge in [-0.1, -0.05) is 6.07 Å². The van der Waals surface area contributed by atoms with Crippen LogP contribution in [0.1, 0.15) is 21.5 Å². The lowest BCUT2D eigenvalue weighted by atomic mass is 10.1. The van der Waals surface area contributed by atoms with Crippen LogP contribution in [0, 0.1) is 6.92 Å². The molecule has 0 aliphatic carbocycles. The summed E-state index contributed by atoms with van der Waals surface area (Å²) in [6, 6.07) is 9.94. The predicted molar refractivity (Wildman–Crippen MR) is 111 cm³/mol. The number of aryl methyl sites for hydroxylation is 1. The van der Waals surface area contributed by atoms with Gasteiger partial charge in [0.15, 0.2) is 0 Å². The van der Waals surface area contributed by atoms with Crippen molar-refractivity contribution in [3.05, 3.63) is 53.1 Å². The van der Waals surface area contributed by atoms with Gasteiger partial charge in [0, 0.05) is 36.8 Å². The van der Waals surface area contributed by atoms with E-state index in [1.807, 2.05) is 6.07 Å². The van der Waals surface area contributed by atoms with Crippen molar-refractivity contribution in [2.24, 2.45) is 0 Å². The predicted octanol–water partition coefficient (Wildman–Crippen LogP) is 1.96. The van der Waals surface area contributed by atoms with E-state index in [4.69, 9.17) is 14.2 Å². The van der Waals surface area contributed by atoms with Gasteiger partial charge in [-0.15, -0.1) is 0 Å². The molecule has 9 heteroatoms. The van der Waals surface area contributed by atoms with E-state index in [0.29, 0.717) is 48.9 Å². The Kier molecular flexibility index (Phi) is 6.96. The second-order valence-electron chi connectivity index (χ2n) is 6.85. The minimum atomic E-state index is -3.68. The molecule has 0 bridgehead atoms. The van der Waals surface area contributed by atoms with Crippen LogP contribution in [-0.4, -0.2) is 59.2 Å². The SMILES string of the molecule is COc1ccc(CNC(=O)c2cc(S(=O)(=O)N3CCOCC3)ccc2C)c(OC)c1. The second-order valence-corrected chi connectivity index (χ2v) is 8.79. The Balaban J connectivity index is 1.79. The minimum Gasteiger partial charge on any atom is -0.497 e. The highest BCUT2D eigenvalue weighted by Gasteiger charge is 2.27. The number of amides is 1. The molecule has 1 heterocycles. The van der Waals surface area contributed by atoms with Crippen molar-refractivity contribution in [1.82, 2.24) is 9.62 Å². The number of hydrogen-bond acceptors (Lipinski definition) is 6. The van der Waals surface area contributed by atoms with E-state index in [1.165, 1.54) is 16.4 Å². The highest BCUT2D eigenvalue weighted by molar-refractivity contribution is 7.89. The first kappa shape index (κ1) is 22.1. The van der Waals surface area contributed by atoms with Crippen molar-refractivity contribution in [2.75, 3.05) is 40.5 Å². The zero-order chi connectivity index (χ0) is 21.7. The van der Waals surface area contributed by atoms with Crippen LogP contribution in [0.3, 0.4) is 0 Å². The van der Waals surface area contributed by atoms with Crippen molar-refractivity contribution < 1.29 is 27.4 Å². The smallest absolute Gasteiger partial charge is 0.251 e. The summed E-state index contributed by atoms with van der Waals surface area (Å²) in [4.78, 5) is 12.9. The molecule has 2 aromatic carbocycles. The third kappa shape index (κ3) is 4.75. The maximum absolute atomic E-state index is 12.9. The van der Waals surface area contributed by atoms with E-state index in [2.05, 4.69) is 5.32 Å². The largest absolute Gasteiger partial charge is 0.497 e. The molecule has 1 aliphatic rings. The first-order valence-corrected chi connectivity index (χ1v) is 11.0. The summed E-state index contributed by atoms with van der Waals surface area (Å²) in [6.07, 6.45) is 0. The van der Waals surface area contributed by atoms with E-state index < -0.39 is 10.0 Å². The number of carbonyl (C=O) groups excluding carboxylic acids is 1. The molecule has 1 amide bonds. The van der Waals surface area contributed by atoms with Crippen LogP contribution in [0.15, 0.2) is 41.3 Å². The molecule has 162 valence electrons. The fourth-order valence-electron chi connectivity index (χ4n) is 3.21. The van der Waals surface area contributed by atoms with Crippen LogP contribution >= 0.6 is 0 Å². The Hall–Kier alpha value is -2.62. The van der Waals surface area contributed by atoms with Gasteiger partial charge in [0.25, 0.3) is 5.91 Å². The molecule has 30 heavy (non-hydrogen) atoms. The van der Waals surface area contributed by atoms with Gasteiger partial charge in [-0.05, 0) is 36.8 Å². The summed E-state index contributed by atoms with van der Waals surface area (Å²) in [5.41, 5.74) is 1.79. The van der Waals surface area contributed by atoms with E-state index in [1.54, 1.807) is 39.3 Å². The van der Waals surface area contributed by atoms with Crippen LogP contribution in [-0.2, 0) is 21.3 Å². The third-order valence-electron chi connectivity index (χ3n) is 5.00. The summed E-state index contributed by atoms with van der Waals surface area (Å²) in [7, 11) is -0.569. The molecule has 2 aromatic rings. The lowest BCUT2D eigenvalue weighted by molar-refractivity contribution is 0.0730. The number of carbonyl (C=O) groups is 1. The zero-order valence-electron chi connectivity index (χ0n) is 17.3. The number of methoxy groups -OCH3 is 2. The average Bonchev–Trinajstić information content (AvgIpc) is 2.78. The molecule has 1 saturated heterocycles. The standard InChI is InChI=1S/C21H26N2O6S/c1-15-4-7-18(30(25,26)23-8-10-29-11-9-23)13-19(15)21(24)22-14-16-5-6-17(27-2)12-20(16)28-3/h4-7,12-13H,8-11,14H2,1-3H3,(H,22,24). The number of benzene rings is 2. The fraction of sp³-hybridized carbons (Fsp3) is 0.381. The van der Waals surface area contributed by atoms with Gasteiger partial charge in [0.05, 0.1) is 32.3 Å². The average molecular weight is 435 g/mol. The summed E-state index contributed by atoms with van der Waals surface area (Å²) >= 11 is 0. The Morgan fingerprint density at radius 3 is 2.50 bits per heavy atom. The van der Waals surface area contributed by atoms with E-state index in [0.717, 1.165) is 5.56 Å². The summed E-state index contributed by atoms with van der Waals surface area (Å²) < 4.78 is 43.0. The Labute approximate surface area is 176 Å². The van der Waals surface area contributed by atoms with Gasteiger partial charge in [-0.2, -0.15) is 4.31 Å². The van der Waals surface area contributed by atoms with Gasteiger partial charge >= 0.3 is 0 Å². The monoisotopic (exact) mass is 434 g/mol. The lowest BCUT2D eigenvalue weighted by Crippen LogP contribution is -2.40. The molecule has 0 spiro atoms. The van der Waals surface area contributed by atoms with Crippen molar-refractivity contribution >= 4 is 15.9 Å². The molecular weight excluding hydrogens is 408 g/mol. The van der Waals surface area contributed by atoms with Gasteiger partial charge in [0.1, 0.15) is 11.5 Å². The topological polar surface area (TPSA) is 94.2 Å². The number of hydrogen-bond donors (Lipinski definition) is 1. The molecule has 1 N–H and O–H groups in total. The van der Waals surface area contributed by atoms with Crippen molar-refractivity contribution in [3.63, 3.8) is 0 Å². The molecule has 0 atom stereocenters. The third-order valence-corrected chi connectivity index (χ3v) is 6.89. The quantitative estimate of drug-likeness (QED) is 0.716. The lowest BCUT2D eigenvalue weighted by Gasteiger charge is -2.26. The van der Waals surface area contributed by atoms with Gasteiger partial charge in [-0.3, -0.25) is 4.79 Å². The summed E-state index contributed by atoms with van der Waals surface area (Å²) in [5, 5.41) is 2.84. The highest BCUT2D eigenvalue weighted by Crippen LogP contribution is 2.25. The van der Waals surface area contributed by atoms with Crippen LogP contribution < -0.4 is 14.8 Å². The van der Waals surface area contributed by atoms with E-state index >= 15 is 0 Å². The van der Waals surface area contributed by atoms with E-state index in [9.17, 15) is 13.2 Å². The Bertz CT molecular complexity index is 1020. The number of nitrogens with one attached hydrogen (secondary N) is 1. The number of rotatable bonds is 7. The summed E-state index contributed by atoms with van der Waals surface area (Å²) in [6.45, 7) is 3.33. The van der Waals surface area contributed by atoms with Gasteiger partial charge in [-0.25, -0.2) is 8.42 Å². The molecule has 1 fully saturated rings. The maximum atomic E-state index is 12.9. The molecule has 0 radical (unpaired) electrons. The molecule has 3 rings (SSSR count). The first-order valence-electron chi connectivity index (χ1n) is 9.54. The van der Waals surface area contributed by atoms with Crippen molar-refractivity contribution in [1.29, 1.82) is 0 Å². The minimum absolute atomic E-state index is 0.0992. The van der Waals surface area contributed by atoms with Gasteiger partial charge in [0.2, 0.25) is 10.0 Å². The van der Waals surface area contributed by atoms with Crippen LogP contribution in [0.5, 0.6) is 11.5 Å². The number of ether oxygens (including phenoxy) is 3. The maximum Gasteiger partial charge on any atom is 0.251 e. The van der Waals surface area contributed by atoms with Gasteiger partial charge < -0.3 is 19.5 Å². The molecule has 0 aromatic heterocycles. The Morgan fingerprint density at radius 1 is 1.10 bits per heavy atom. The number of sulfonamides is 1. The molecule has 1 aliphatic heterocycles. The molecule has 8 nitrogen and oxygen atoms in total. The van der Waals surface area contributed by atoms with Crippen molar-refractivity contribution in [3.8, 4) is 11.5 Å². The summed E-state index contributed by atoms with van der Waals surface area (Å²) in [5.74, 6) is 0.887. The van der Waals surface area contributed by atoms with Crippen LogP contribution in [0.4, 0.5) is 0 Å². The normalized spacial score (nSPS) is 14.9. The second kappa shape index (κ2) is 9.46.